The van der Waals surface area contributed by atoms with E-state index in [1.54, 1.807) is 0 Å². The van der Waals surface area contributed by atoms with Gasteiger partial charge in [-0.1, -0.05) is 0 Å². The summed E-state index contributed by atoms with van der Waals surface area (Å²) >= 11 is 3.97. The highest BCUT2D eigenvalue weighted by molar-refractivity contribution is 7.80. The first-order valence-electron chi connectivity index (χ1n) is 4.31. The normalized spacial score (nSPS) is 11.5. The van der Waals surface area contributed by atoms with Crippen LogP contribution in [0.3, 0.4) is 0 Å². The van der Waals surface area contributed by atoms with E-state index in [1.165, 1.54) is 6.07 Å². The SMILES string of the molecule is FC(F)(F)c1ccc(OCCCS)nc1. The van der Waals surface area contributed by atoms with Crippen molar-refractivity contribution in [1.82, 2.24) is 4.98 Å². The summed E-state index contributed by atoms with van der Waals surface area (Å²) in [5.41, 5.74) is -0.774. The first kappa shape index (κ1) is 12.2. The lowest BCUT2D eigenvalue weighted by Crippen LogP contribution is -2.06. The highest BCUT2D eigenvalue weighted by Crippen LogP contribution is 2.29. The number of aromatic nitrogens is 1. The summed E-state index contributed by atoms with van der Waals surface area (Å²) in [5, 5.41) is 0. The van der Waals surface area contributed by atoms with Gasteiger partial charge in [-0.2, -0.15) is 25.8 Å². The van der Waals surface area contributed by atoms with Crippen molar-refractivity contribution in [3.8, 4) is 5.88 Å². The second-order valence-corrected chi connectivity index (χ2v) is 3.26. The minimum atomic E-state index is -4.35. The molecule has 0 saturated heterocycles. The van der Waals surface area contributed by atoms with E-state index in [9.17, 15) is 13.2 Å². The minimum Gasteiger partial charge on any atom is -0.478 e. The molecule has 0 unspecified atom stereocenters. The third-order valence-electron chi connectivity index (χ3n) is 1.62. The lowest BCUT2D eigenvalue weighted by molar-refractivity contribution is -0.137. The standard InChI is InChI=1S/C9H10F3NOS/c10-9(11,12)7-2-3-8(13-6-7)14-4-1-5-15/h2-3,6,15H,1,4-5H2. The molecule has 0 spiro atoms. The van der Waals surface area contributed by atoms with Crippen molar-refractivity contribution in [3.05, 3.63) is 23.9 Å². The van der Waals surface area contributed by atoms with Gasteiger partial charge in [0.15, 0.2) is 0 Å². The van der Waals surface area contributed by atoms with Gasteiger partial charge in [-0.3, -0.25) is 0 Å². The van der Waals surface area contributed by atoms with E-state index in [0.29, 0.717) is 12.4 Å². The van der Waals surface area contributed by atoms with Crippen LogP contribution in [0.1, 0.15) is 12.0 Å². The second kappa shape index (κ2) is 5.25. The van der Waals surface area contributed by atoms with Crippen LogP contribution in [-0.4, -0.2) is 17.3 Å². The summed E-state index contributed by atoms with van der Waals surface area (Å²) < 4.78 is 41.5. The highest BCUT2D eigenvalue weighted by atomic mass is 32.1. The second-order valence-electron chi connectivity index (χ2n) is 2.81. The quantitative estimate of drug-likeness (QED) is 0.642. The fourth-order valence-corrected chi connectivity index (χ4v) is 1.00. The number of hydrogen-bond donors (Lipinski definition) is 1. The van der Waals surface area contributed by atoms with Crippen LogP contribution in [-0.2, 0) is 6.18 Å². The Morgan fingerprint density at radius 3 is 2.53 bits per heavy atom. The Balaban J connectivity index is 2.57. The smallest absolute Gasteiger partial charge is 0.417 e. The number of alkyl halides is 3. The predicted octanol–water partition coefficient (Wildman–Crippen LogP) is 2.80. The maximum absolute atomic E-state index is 12.1. The molecule has 0 aliphatic rings. The average molecular weight is 237 g/mol. The van der Waals surface area contributed by atoms with Gasteiger partial charge in [0, 0.05) is 12.3 Å². The number of hydrogen-bond acceptors (Lipinski definition) is 3. The molecule has 0 radical (unpaired) electrons. The summed E-state index contributed by atoms with van der Waals surface area (Å²) in [5.74, 6) is 0.866. The van der Waals surface area contributed by atoms with Crippen LogP contribution in [0.2, 0.25) is 0 Å². The van der Waals surface area contributed by atoms with Gasteiger partial charge in [0.1, 0.15) is 0 Å². The molecule has 0 fully saturated rings. The zero-order valence-corrected chi connectivity index (χ0v) is 8.68. The Morgan fingerprint density at radius 1 is 1.33 bits per heavy atom. The molecule has 0 aliphatic carbocycles. The van der Waals surface area contributed by atoms with Crippen molar-refractivity contribution in [2.45, 2.75) is 12.6 Å². The summed E-state index contributed by atoms with van der Waals surface area (Å²) in [6.07, 6.45) is -2.86. The molecule has 0 aromatic carbocycles. The molecule has 84 valence electrons. The third-order valence-corrected chi connectivity index (χ3v) is 1.93. The molecule has 0 saturated carbocycles. The van der Waals surface area contributed by atoms with Gasteiger partial charge in [-0.15, -0.1) is 0 Å². The van der Waals surface area contributed by atoms with Crippen molar-refractivity contribution in [1.29, 1.82) is 0 Å². The van der Waals surface area contributed by atoms with E-state index >= 15 is 0 Å². The first-order chi connectivity index (χ1) is 7.04. The molecule has 1 aromatic rings. The topological polar surface area (TPSA) is 22.1 Å². The summed E-state index contributed by atoms with van der Waals surface area (Å²) in [6, 6.07) is 2.16. The van der Waals surface area contributed by atoms with Gasteiger partial charge in [0.25, 0.3) is 0 Å². The summed E-state index contributed by atoms with van der Waals surface area (Å²) in [4.78, 5) is 3.55. The lowest BCUT2D eigenvalue weighted by Gasteiger charge is -2.07. The Hall–Kier alpha value is -0.910. The zero-order chi connectivity index (χ0) is 11.3. The molecule has 0 amide bonds. The van der Waals surface area contributed by atoms with Crippen LogP contribution in [0.25, 0.3) is 0 Å². The van der Waals surface area contributed by atoms with E-state index in [0.717, 1.165) is 18.7 Å². The largest absolute Gasteiger partial charge is 0.478 e. The van der Waals surface area contributed by atoms with E-state index in [-0.39, 0.29) is 5.88 Å². The number of pyridine rings is 1. The Morgan fingerprint density at radius 2 is 2.07 bits per heavy atom. The zero-order valence-electron chi connectivity index (χ0n) is 7.79. The molecule has 1 heterocycles. The van der Waals surface area contributed by atoms with Gasteiger partial charge < -0.3 is 4.74 Å². The van der Waals surface area contributed by atoms with Gasteiger partial charge in [0.05, 0.1) is 12.2 Å². The van der Waals surface area contributed by atoms with Crippen molar-refractivity contribution in [2.24, 2.45) is 0 Å². The van der Waals surface area contributed by atoms with Crippen molar-refractivity contribution >= 4 is 12.6 Å². The van der Waals surface area contributed by atoms with E-state index in [4.69, 9.17) is 4.74 Å². The van der Waals surface area contributed by atoms with Crippen molar-refractivity contribution in [3.63, 3.8) is 0 Å². The Kier molecular flexibility index (Phi) is 4.26. The van der Waals surface area contributed by atoms with Crippen LogP contribution < -0.4 is 4.74 Å². The maximum atomic E-state index is 12.1. The van der Waals surface area contributed by atoms with E-state index < -0.39 is 11.7 Å². The molecule has 6 heteroatoms. The number of nitrogens with zero attached hydrogens (tertiary/aromatic N) is 1. The van der Waals surface area contributed by atoms with Gasteiger partial charge >= 0.3 is 6.18 Å². The molecule has 1 rings (SSSR count). The summed E-state index contributed by atoms with van der Waals surface area (Å²) in [6.45, 7) is 0.405. The van der Waals surface area contributed by atoms with E-state index in [2.05, 4.69) is 17.6 Å². The lowest BCUT2D eigenvalue weighted by atomic mass is 10.3. The van der Waals surface area contributed by atoms with Crippen molar-refractivity contribution in [2.75, 3.05) is 12.4 Å². The molecule has 15 heavy (non-hydrogen) atoms. The number of halogens is 3. The monoisotopic (exact) mass is 237 g/mol. The molecule has 0 bridgehead atoms. The molecule has 2 nitrogen and oxygen atoms in total. The molecule has 0 aliphatic heterocycles. The van der Waals surface area contributed by atoms with Crippen LogP contribution in [0.5, 0.6) is 5.88 Å². The molecule has 0 atom stereocenters. The van der Waals surface area contributed by atoms with E-state index in [1.807, 2.05) is 0 Å². The van der Waals surface area contributed by atoms with Crippen LogP contribution >= 0.6 is 12.6 Å². The predicted molar refractivity (Wildman–Crippen MR) is 53.2 cm³/mol. The molecular formula is C9H10F3NOS. The minimum absolute atomic E-state index is 0.199. The fraction of sp³-hybridized carbons (Fsp3) is 0.444. The van der Waals surface area contributed by atoms with Gasteiger partial charge in [-0.25, -0.2) is 4.98 Å². The van der Waals surface area contributed by atoms with Crippen molar-refractivity contribution < 1.29 is 17.9 Å². The number of rotatable bonds is 4. The van der Waals surface area contributed by atoms with Gasteiger partial charge in [-0.05, 0) is 18.2 Å². The molecule has 1 aromatic heterocycles. The number of thiol groups is 1. The number of ether oxygens (including phenoxy) is 1. The third kappa shape index (κ3) is 3.99. The van der Waals surface area contributed by atoms with Gasteiger partial charge in [0.2, 0.25) is 5.88 Å². The Labute approximate surface area is 90.9 Å². The summed E-state index contributed by atoms with van der Waals surface area (Å²) in [7, 11) is 0. The first-order valence-corrected chi connectivity index (χ1v) is 4.94. The van der Waals surface area contributed by atoms with Crippen LogP contribution in [0.15, 0.2) is 18.3 Å². The molecular weight excluding hydrogens is 227 g/mol. The average Bonchev–Trinajstić information content (AvgIpc) is 2.18. The fourth-order valence-electron chi connectivity index (χ4n) is 0.875. The molecule has 0 N–H and O–H groups in total. The van der Waals surface area contributed by atoms with Crippen LogP contribution in [0.4, 0.5) is 13.2 Å². The highest BCUT2D eigenvalue weighted by Gasteiger charge is 2.30. The van der Waals surface area contributed by atoms with Crippen LogP contribution in [0, 0.1) is 0 Å². The maximum Gasteiger partial charge on any atom is 0.417 e. The Bertz CT molecular complexity index is 299.